The van der Waals surface area contributed by atoms with Crippen LogP contribution in [0.3, 0.4) is 0 Å². The SMILES string of the molecule is CC(C)CC(NC(=O)C(N)CS)C(=O)NC(CS)C(=O)NC(CCCN=C(N)N)C(=O)O. The van der Waals surface area contributed by atoms with Gasteiger partial charge in [0.25, 0.3) is 0 Å². The number of hydrogen-bond acceptors (Lipinski definition) is 8. The van der Waals surface area contributed by atoms with Gasteiger partial charge >= 0.3 is 5.97 Å². The van der Waals surface area contributed by atoms with Crippen molar-refractivity contribution < 1.29 is 24.3 Å². The number of carboxylic acid groups (broad SMARTS) is 1. The molecule has 0 aromatic heterocycles. The average Bonchev–Trinajstić information content (AvgIpc) is 2.71. The summed E-state index contributed by atoms with van der Waals surface area (Å²) in [5.41, 5.74) is 16.1. The molecule has 0 heterocycles. The zero-order valence-electron chi connectivity index (χ0n) is 18.3. The Hall–Kier alpha value is -2.19. The van der Waals surface area contributed by atoms with Crippen molar-refractivity contribution in [3.63, 3.8) is 0 Å². The molecule has 0 rings (SSSR count). The highest BCUT2D eigenvalue weighted by molar-refractivity contribution is 7.80. The summed E-state index contributed by atoms with van der Waals surface area (Å²) in [4.78, 5) is 52.6. The summed E-state index contributed by atoms with van der Waals surface area (Å²) in [7, 11) is 0. The van der Waals surface area contributed by atoms with Gasteiger partial charge in [-0.2, -0.15) is 25.3 Å². The lowest BCUT2D eigenvalue weighted by molar-refractivity contribution is -0.142. The second-order valence-corrected chi connectivity index (χ2v) is 8.30. The Kier molecular flexibility index (Phi) is 14.5. The van der Waals surface area contributed by atoms with Crippen molar-refractivity contribution in [3.8, 4) is 0 Å². The molecule has 0 saturated carbocycles. The predicted octanol–water partition coefficient (Wildman–Crippen LogP) is -2.19. The third-order valence-corrected chi connectivity index (χ3v) is 5.01. The number of thiol groups is 2. The van der Waals surface area contributed by atoms with Crippen LogP contribution in [-0.4, -0.2) is 77.0 Å². The van der Waals surface area contributed by atoms with E-state index in [1.807, 2.05) is 13.8 Å². The summed E-state index contributed by atoms with van der Waals surface area (Å²) in [5, 5.41) is 16.8. The molecular weight excluding hydrogens is 458 g/mol. The highest BCUT2D eigenvalue weighted by Gasteiger charge is 2.29. The van der Waals surface area contributed by atoms with E-state index in [0.29, 0.717) is 12.8 Å². The number of rotatable bonds is 15. The van der Waals surface area contributed by atoms with Crippen molar-refractivity contribution in [2.45, 2.75) is 57.3 Å². The van der Waals surface area contributed by atoms with E-state index in [-0.39, 0.29) is 36.3 Å². The minimum Gasteiger partial charge on any atom is -0.480 e. The maximum absolute atomic E-state index is 12.7. The van der Waals surface area contributed by atoms with E-state index in [9.17, 15) is 24.3 Å². The molecule has 4 atom stereocenters. The molecule has 14 heteroatoms. The van der Waals surface area contributed by atoms with Crippen LogP contribution in [0.2, 0.25) is 0 Å². The standard InChI is InChI=1S/C18H35N7O5S2/c1-9(2)6-12(24-14(26)10(19)7-31)15(27)25-13(8-32)16(28)23-11(17(29)30)4-3-5-22-18(20)21/h9-13,31-32H,3-8,19H2,1-2H3,(H,23,28)(H,24,26)(H,25,27)(H,29,30)(H4,20,21,22). The first-order valence-corrected chi connectivity index (χ1v) is 11.4. The summed E-state index contributed by atoms with van der Waals surface area (Å²) < 4.78 is 0. The first-order valence-electron chi connectivity index (χ1n) is 10.1. The van der Waals surface area contributed by atoms with Gasteiger partial charge in [0.05, 0.1) is 6.04 Å². The van der Waals surface area contributed by atoms with E-state index < -0.39 is 47.9 Å². The van der Waals surface area contributed by atoms with E-state index in [2.05, 4.69) is 46.2 Å². The molecule has 10 N–H and O–H groups in total. The Labute approximate surface area is 198 Å². The molecule has 0 spiro atoms. The van der Waals surface area contributed by atoms with Gasteiger partial charge in [-0.3, -0.25) is 19.4 Å². The van der Waals surface area contributed by atoms with Gasteiger partial charge in [0.1, 0.15) is 18.1 Å². The molecule has 0 aromatic carbocycles. The first kappa shape index (κ1) is 29.8. The molecular formula is C18H35N7O5S2. The molecule has 0 aliphatic heterocycles. The molecule has 3 amide bonds. The number of nitrogens with zero attached hydrogens (tertiary/aromatic N) is 1. The van der Waals surface area contributed by atoms with Crippen LogP contribution in [0.5, 0.6) is 0 Å². The van der Waals surface area contributed by atoms with E-state index in [1.54, 1.807) is 0 Å². The summed E-state index contributed by atoms with van der Waals surface area (Å²) in [6.45, 7) is 3.95. The van der Waals surface area contributed by atoms with Gasteiger partial charge in [-0.1, -0.05) is 13.8 Å². The van der Waals surface area contributed by atoms with Gasteiger partial charge in [0.15, 0.2) is 5.96 Å². The van der Waals surface area contributed by atoms with Crippen molar-refractivity contribution in [1.29, 1.82) is 0 Å². The fourth-order valence-electron chi connectivity index (χ4n) is 2.56. The molecule has 0 radical (unpaired) electrons. The lowest BCUT2D eigenvalue weighted by Crippen LogP contribution is -2.58. The van der Waals surface area contributed by atoms with Crippen LogP contribution >= 0.6 is 25.3 Å². The molecule has 0 aliphatic carbocycles. The van der Waals surface area contributed by atoms with Crippen LogP contribution in [0.15, 0.2) is 4.99 Å². The summed E-state index contributed by atoms with van der Waals surface area (Å²) in [6.07, 6.45) is 0.708. The normalized spacial score (nSPS) is 14.6. The minimum absolute atomic E-state index is 0.0585. The molecule has 12 nitrogen and oxygen atoms in total. The van der Waals surface area contributed by atoms with Gasteiger partial charge < -0.3 is 38.3 Å². The van der Waals surface area contributed by atoms with Crippen molar-refractivity contribution in [3.05, 3.63) is 0 Å². The maximum atomic E-state index is 12.7. The minimum atomic E-state index is -1.24. The number of carbonyl (C=O) groups excluding carboxylic acids is 3. The van der Waals surface area contributed by atoms with Gasteiger partial charge in [0, 0.05) is 18.1 Å². The largest absolute Gasteiger partial charge is 0.480 e. The van der Waals surface area contributed by atoms with Crippen LogP contribution in [0.4, 0.5) is 0 Å². The third kappa shape index (κ3) is 12.0. The van der Waals surface area contributed by atoms with E-state index in [4.69, 9.17) is 17.2 Å². The molecule has 0 fully saturated rings. The number of nitrogens with one attached hydrogen (secondary N) is 3. The van der Waals surface area contributed by atoms with Crippen molar-refractivity contribution >= 4 is 54.9 Å². The van der Waals surface area contributed by atoms with E-state index >= 15 is 0 Å². The van der Waals surface area contributed by atoms with Crippen molar-refractivity contribution in [2.75, 3.05) is 18.1 Å². The Balaban J connectivity index is 5.13. The number of hydrogen-bond donors (Lipinski definition) is 9. The number of aliphatic imine (C=N–C) groups is 1. The predicted molar refractivity (Wildman–Crippen MR) is 128 cm³/mol. The number of carboxylic acids is 1. The zero-order chi connectivity index (χ0) is 24.8. The molecule has 32 heavy (non-hydrogen) atoms. The lowest BCUT2D eigenvalue weighted by atomic mass is 10.0. The van der Waals surface area contributed by atoms with Gasteiger partial charge in [-0.05, 0) is 25.2 Å². The van der Waals surface area contributed by atoms with Crippen molar-refractivity contribution in [2.24, 2.45) is 28.1 Å². The Bertz CT molecular complexity index is 674. The van der Waals surface area contributed by atoms with Crippen LogP contribution in [0.1, 0.15) is 33.1 Å². The van der Waals surface area contributed by atoms with E-state index in [1.165, 1.54) is 0 Å². The smallest absolute Gasteiger partial charge is 0.326 e. The van der Waals surface area contributed by atoms with Crippen LogP contribution in [0, 0.1) is 5.92 Å². The summed E-state index contributed by atoms with van der Waals surface area (Å²) in [5.74, 6) is -3.14. The highest BCUT2D eigenvalue weighted by atomic mass is 32.1. The maximum Gasteiger partial charge on any atom is 0.326 e. The summed E-state index contributed by atoms with van der Waals surface area (Å²) in [6, 6.07) is -4.13. The number of guanidine groups is 1. The van der Waals surface area contributed by atoms with Crippen LogP contribution < -0.4 is 33.2 Å². The monoisotopic (exact) mass is 493 g/mol. The quantitative estimate of drug-likeness (QED) is 0.0527. The summed E-state index contributed by atoms with van der Waals surface area (Å²) >= 11 is 8.05. The fraction of sp³-hybridized carbons (Fsp3) is 0.722. The molecule has 0 aromatic rings. The number of carbonyl (C=O) groups is 4. The highest BCUT2D eigenvalue weighted by Crippen LogP contribution is 2.07. The Morgan fingerprint density at radius 3 is 1.91 bits per heavy atom. The van der Waals surface area contributed by atoms with Crippen LogP contribution in [-0.2, 0) is 19.2 Å². The second-order valence-electron chi connectivity index (χ2n) is 7.57. The number of nitrogens with two attached hydrogens (primary N) is 3. The fourth-order valence-corrected chi connectivity index (χ4v) is 2.99. The molecule has 0 bridgehead atoms. The second kappa shape index (κ2) is 15.6. The third-order valence-electron chi connectivity index (χ3n) is 4.25. The lowest BCUT2D eigenvalue weighted by Gasteiger charge is -2.25. The van der Waals surface area contributed by atoms with Gasteiger partial charge in [-0.25, -0.2) is 4.79 Å². The first-order chi connectivity index (χ1) is 14.9. The van der Waals surface area contributed by atoms with E-state index in [0.717, 1.165) is 0 Å². The number of aliphatic carboxylic acids is 1. The van der Waals surface area contributed by atoms with Gasteiger partial charge in [-0.15, -0.1) is 0 Å². The molecule has 184 valence electrons. The zero-order valence-corrected chi connectivity index (χ0v) is 20.1. The Morgan fingerprint density at radius 2 is 1.44 bits per heavy atom. The average molecular weight is 494 g/mol. The Morgan fingerprint density at radius 1 is 0.906 bits per heavy atom. The molecule has 0 saturated heterocycles. The topological polar surface area (TPSA) is 215 Å². The molecule has 4 unspecified atom stereocenters. The van der Waals surface area contributed by atoms with Crippen molar-refractivity contribution in [1.82, 2.24) is 16.0 Å². The van der Waals surface area contributed by atoms with Crippen LogP contribution in [0.25, 0.3) is 0 Å². The number of amides is 3. The van der Waals surface area contributed by atoms with Gasteiger partial charge in [0.2, 0.25) is 17.7 Å². The molecule has 0 aliphatic rings.